The number of unbranched alkanes of at least 4 members (excludes halogenated alkanes) is 1. The molecule has 0 fully saturated rings. The summed E-state index contributed by atoms with van der Waals surface area (Å²) in [5.74, 6) is 0.169. The lowest BCUT2D eigenvalue weighted by atomic mass is 10.0. The molecule has 2 nitrogen and oxygen atoms in total. The fourth-order valence-electron chi connectivity index (χ4n) is 3.05. The average Bonchev–Trinajstić information content (AvgIpc) is 2.71. The quantitative estimate of drug-likeness (QED) is 0.408. The predicted molar refractivity (Wildman–Crippen MR) is 117 cm³/mol. The second kappa shape index (κ2) is 9.52. The number of hydrogen-bond donors (Lipinski definition) is 0. The van der Waals surface area contributed by atoms with Crippen molar-refractivity contribution in [2.24, 2.45) is 0 Å². The maximum absolute atomic E-state index is 12.8. The number of halogens is 1. The second-order valence-electron chi connectivity index (χ2n) is 6.63. The first-order valence-corrected chi connectivity index (χ1v) is 10.2. The Morgan fingerprint density at radius 3 is 2.26 bits per heavy atom. The Bertz CT molecular complexity index is 874. The topological polar surface area (TPSA) is 20.3 Å². The molecule has 0 atom stereocenters. The molecule has 0 unspecified atom stereocenters. The third-order valence-corrected chi connectivity index (χ3v) is 5.06. The van der Waals surface area contributed by atoms with E-state index in [0.29, 0.717) is 13.0 Å². The zero-order valence-corrected chi connectivity index (χ0v) is 17.2. The number of carbonyl (C=O) groups is 1. The summed E-state index contributed by atoms with van der Waals surface area (Å²) in [7, 11) is 0. The highest BCUT2D eigenvalue weighted by atomic mass is 79.9. The summed E-state index contributed by atoms with van der Waals surface area (Å²) in [6.45, 7) is 2.69. The van der Waals surface area contributed by atoms with Crippen LogP contribution < -0.4 is 4.90 Å². The lowest BCUT2D eigenvalue weighted by Gasteiger charge is -2.23. The zero-order valence-electron chi connectivity index (χ0n) is 15.6. The maximum atomic E-state index is 12.8. The van der Waals surface area contributed by atoms with Crippen LogP contribution in [0.4, 0.5) is 5.69 Å². The summed E-state index contributed by atoms with van der Waals surface area (Å²) >= 11 is 3.52. The van der Waals surface area contributed by atoms with Gasteiger partial charge in [0.2, 0.25) is 5.91 Å². The highest BCUT2D eigenvalue weighted by Gasteiger charge is 2.16. The Labute approximate surface area is 170 Å². The van der Waals surface area contributed by atoms with Crippen molar-refractivity contribution < 1.29 is 4.79 Å². The maximum Gasteiger partial charge on any atom is 0.227 e. The van der Waals surface area contributed by atoms with Gasteiger partial charge in [-0.3, -0.25) is 4.79 Å². The van der Waals surface area contributed by atoms with Crippen molar-refractivity contribution in [3.8, 4) is 11.1 Å². The SMILES string of the molecule is CCCCC(=O)N(Cc1ccc(-c2ccccc2)cc1)c1cccc(Br)c1. The minimum atomic E-state index is 0.169. The van der Waals surface area contributed by atoms with E-state index in [9.17, 15) is 4.79 Å². The Morgan fingerprint density at radius 1 is 0.889 bits per heavy atom. The smallest absolute Gasteiger partial charge is 0.227 e. The third-order valence-electron chi connectivity index (χ3n) is 4.57. The first kappa shape index (κ1) is 19.4. The molecule has 0 radical (unpaired) electrons. The lowest BCUT2D eigenvalue weighted by Crippen LogP contribution is -2.30. The number of nitrogens with zero attached hydrogens (tertiary/aromatic N) is 1. The van der Waals surface area contributed by atoms with Gasteiger partial charge in [-0.2, -0.15) is 0 Å². The van der Waals surface area contributed by atoms with Crippen LogP contribution in [-0.2, 0) is 11.3 Å². The molecule has 3 rings (SSSR count). The van der Waals surface area contributed by atoms with E-state index in [-0.39, 0.29) is 5.91 Å². The molecule has 0 aliphatic rings. The van der Waals surface area contributed by atoms with Gasteiger partial charge < -0.3 is 4.90 Å². The normalized spacial score (nSPS) is 10.6. The van der Waals surface area contributed by atoms with E-state index in [1.807, 2.05) is 47.4 Å². The number of hydrogen-bond acceptors (Lipinski definition) is 1. The molecule has 138 valence electrons. The van der Waals surface area contributed by atoms with Gasteiger partial charge in [0.25, 0.3) is 0 Å². The summed E-state index contributed by atoms with van der Waals surface area (Å²) in [5, 5.41) is 0. The molecule has 27 heavy (non-hydrogen) atoms. The van der Waals surface area contributed by atoms with Crippen LogP contribution in [0.5, 0.6) is 0 Å². The summed E-state index contributed by atoms with van der Waals surface area (Å²) in [6.07, 6.45) is 2.51. The molecule has 0 bridgehead atoms. The van der Waals surface area contributed by atoms with Crippen molar-refractivity contribution >= 4 is 27.5 Å². The Kier molecular flexibility index (Phi) is 6.83. The molecule has 0 aliphatic carbocycles. The van der Waals surface area contributed by atoms with Crippen molar-refractivity contribution in [2.75, 3.05) is 4.90 Å². The number of amides is 1. The molecule has 1 amide bonds. The van der Waals surface area contributed by atoms with Gasteiger partial charge >= 0.3 is 0 Å². The number of anilines is 1. The first-order valence-electron chi connectivity index (χ1n) is 9.37. The van der Waals surface area contributed by atoms with Crippen LogP contribution in [0.2, 0.25) is 0 Å². The molecular formula is C24H24BrNO. The molecule has 0 N–H and O–H groups in total. The highest BCUT2D eigenvalue weighted by Crippen LogP contribution is 2.25. The van der Waals surface area contributed by atoms with Crippen molar-refractivity contribution in [3.05, 3.63) is 88.9 Å². The number of carbonyl (C=O) groups excluding carboxylic acids is 1. The zero-order chi connectivity index (χ0) is 19.1. The first-order chi connectivity index (χ1) is 13.2. The van der Waals surface area contributed by atoms with Crippen LogP contribution in [0.1, 0.15) is 31.7 Å². The van der Waals surface area contributed by atoms with Crippen LogP contribution in [-0.4, -0.2) is 5.91 Å². The number of benzene rings is 3. The summed E-state index contributed by atoms with van der Waals surface area (Å²) in [4.78, 5) is 14.7. The molecule has 0 aromatic heterocycles. The second-order valence-corrected chi connectivity index (χ2v) is 7.54. The summed E-state index contributed by atoms with van der Waals surface area (Å²) in [5.41, 5.74) is 4.44. The fourth-order valence-corrected chi connectivity index (χ4v) is 3.43. The molecule has 0 heterocycles. The van der Waals surface area contributed by atoms with E-state index >= 15 is 0 Å². The molecular weight excluding hydrogens is 398 g/mol. The van der Waals surface area contributed by atoms with Crippen LogP contribution in [0.15, 0.2) is 83.3 Å². The van der Waals surface area contributed by atoms with Gasteiger partial charge in [0.1, 0.15) is 0 Å². The molecule has 3 aromatic carbocycles. The molecule has 3 aromatic rings. The van der Waals surface area contributed by atoms with Gasteiger partial charge in [-0.25, -0.2) is 0 Å². The van der Waals surface area contributed by atoms with Gasteiger partial charge in [0.05, 0.1) is 6.54 Å². The number of rotatable bonds is 7. The Morgan fingerprint density at radius 2 is 1.59 bits per heavy atom. The predicted octanol–water partition coefficient (Wildman–Crippen LogP) is 6.84. The van der Waals surface area contributed by atoms with Gasteiger partial charge in [0.15, 0.2) is 0 Å². The molecule has 0 aliphatic heterocycles. The minimum absolute atomic E-state index is 0.169. The summed E-state index contributed by atoms with van der Waals surface area (Å²) in [6, 6.07) is 26.8. The van der Waals surface area contributed by atoms with Gasteiger partial charge in [0, 0.05) is 16.6 Å². The van der Waals surface area contributed by atoms with Crippen LogP contribution in [0.25, 0.3) is 11.1 Å². The van der Waals surface area contributed by atoms with Gasteiger partial charge in [-0.1, -0.05) is 89.9 Å². The average molecular weight is 422 g/mol. The van der Waals surface area contributed by atoms with Crippen LogP contribution >= 0.6 is 15.9 Å². The van der Waals surface area contributed by atoms with E-state index in [0.717, 1.165) is 28.6 Å². The molecule has 0 saturated carbocycles. The lowest BCUT2D eigenvalue weighted by molar-refractivity contribution is -0.118. The highest BCUT2D eigenvalue weighted by molar-refractivity contribution is 9.10. The van der Waals surface area contributed by atoms with E-state index in [1.165, 1.54) is 11.1 Å². The van der Waals surface area contributed by atoms with Crippen LogP contribution in [0, 0.1) is 0 Å². The Balaban J connectivity index is 1.82. The van der Waals surface area contributed by atoms with Crippen molar-refractivity contribution in [2.45, 2.75) is 32.7 Å². The van der Waals surface area contributed by atoms with E-state index in [2.05, 4.69) is 59.3 Å². The Hall–Kier alpha value is -2.39. The van der Waals surface area contributed by atoms with E-state index < -0.39 is 0 Å². The third kappa shape index (κ3) is 5.30. The largest absolute Gasteiger partial charge is 0.308 e. The fraction of sp³-hybridized carbons (Fsp3) is 0.208. The minimum Gasteiger partial charge on any atom is -0.308 e. The van der Waals surface area contributed by atoms with Crippen molar-refractivity contribution in [1.29, 1.82) is 0 Å². The standard InChI is InChI=1S/C24H24BrNO/c1-2-3-12-24(27)26(23-11-7-10-22(25)17-23)18-19-13-15-21(16-14-19)20-8-5-4-6-9-20/h4-11,13-17H,2-3,12,18H2,1H3. The van der Waals surface area contributed by atoms with E-state index in [4.69, 9.17) is 0 Å². The summed E-state index contributed by atoms with van der Waals surface area (Å²) < 4.78 is 0.979. The monoisotopic (exact) mass is 421 g/mol. The molecule has 3 heteroatoms. The van der Waals surface area contributed by atoms with Crippen molar-refractivity contribution in [3.63, 3.8) is 0 Å². The van der Waals surface area contributed by atoms with Crippen LogP contribution in [0.3, 0.4) is 0 Å². The molecule has 0 spiro atoms. The molecule has 0 saturated heterocycles. The van der Waals surface area contributed by atoms with E-state index in [1.54, 1.807) is 0 Å². The van der Waals surface area contributed by atoms with Gasteiger partial charge in [-0.05, 0) is 41.3 Å². The van der Waals surface area contributed by atoms with Crippen molar-refractivity contribution in [1.82, 2.24) is 0 Å². The van der Waals surface area contributed by atoms with Gasteiger partial charge in [-0.15, -0.1) is 0 Å².